The highest BCUT2D eigenvalue weighted by atomic mass is 19.1. The van der Waals surface area contributed by atoms with Gasteiger partial charge in [0.15, 0.2) is 5.78 Å². The van der Waals surface area contributed by atoms with E-state index in [4.69, 9.17) is 5.11 Å². The van der Waals surface area contributed by atoms with E-state index in [-0.39, 0.29) is 23.1 Å². The molecule has 9 nitrogen and oxygen atoms in total. The summed E-state index contributed by atoms with van der Waals surface area (Å²) in [6, 6.07) is 4.14. The number of benzene rings is 2. The molecule has 0 aliphatic heterocycles. The van der Waals surface area contributed by atoms with Crippen LogP contribution in [0.15, 0.2) is 30.3 Å². The molecule has 0 fully saturated rings. The summed E-state index contributed by atoms with van der Waals surface area (Å²) in [5, 5.41) is 48.9. The molecule has 1 atom stereocenters. The van der Waals surface area contributed by atoms with Crippen LogP contribution in [0.4, 0.5) is 8.78 Å². The summed E-state index contributed by atoms with van der Waals surface area (Å²) < 4.78 is 28.0. The molecule has 34 heavy (non-hydrogen) atoms. The van der Waals surface area contributed by atoms with Crippen molar-refractivity contribution >= 4 is 42.8 Å². The van der Waals surface area contributed by atoms with E-state index in [0.717, 1.165) is 18.2 Å². The Balaban J connectivity index is 2.25. The quantitative estimate of drug-likeness (QED) is 0.139. The van der Waals surface area contributed by atoms with Gasteiger partial charge in [-0.2, -0.15) is 0 Å². The second-order valence-electron chi connectivity index (χ2n) is 7.76. The van der Waals surface area contributed by atoms with Crippen LogP contribution in [-0.4, -0.2) is 63.6 Å². The molecule has 0 unspecified atom stereocenters. The van der Waals surface area contributed by atoms with Gasteiger partial charge in [-0.25, -0.2) is 8.78 Å². The molecule has 0 radical (unpaired) electrons. The fourth-order valence-electron chi connectivity index (χ4n) is 3.16. The largest absolute Gasteiger partial charge is 0.491 e. The normalized spacial score (nSPS) is 11.6. The van der Waals surface area contributed by atoms with Crippen LogP contribution in [-0.2, 0) is 4.79 Å². The number of hydrogen-bond donors (Lipinski definition) is 6. The average molecular weight is 477 g/mol. The van der Waals surface area contributed by atoms with Crippen LogP contribution < -0.4 is 16.2 Å². The molecule has 2 aromatic rings. The number of carboxylic acid groups (broad SMARTS) is 1. The Bertz CT molecular complexity index is 1080. The highest BCUT2D eigenvalue weighted by molar-refractivity contribution is 6.59. The molecule has 0 aromatic heterocycles. The SMILES string of the molecule is C[C@@H](CCCCNC(=O)c1cc(B(O)O)cc(C(=O)c2cc(B(O)O)c(F)cc2F)c1)C(=O)O. The van der Waals surface area contributed by atoms with Gasteiger partial charge in [-0.1, -0.05) is 19.4 Å². The monoisotopic (exact) mass is 477 g/mol. The lowest BCUT2D eigenvalue weighted by molar-refractivity contribution is -0.141. The number of nitrogens with one attached hydrogen (secondary N) is 1. The number of carboxylic acids is 1. The molecule has 0 spiro atoms. The van der Waals surface area contributed by atoms with Gasteiger partial charge in [0.05, 0.1) is 11.5 Å². The number of amides is 1. The topological polar surface area (TPSA) is 164 Å². The Kier molecular flexibility index (Phi) is 9.45. The van der Waals surface area contributed by atoms with Gasteiger partial charge < -0.3 is 30.5 Å². The summed E-state index contributed by atoms with van der Waals surface area (Å²) in [4.78, 5) is 36.2. The maximum Gasteiger partial charge on any atom is 0.491 e. The highest BCUT2D eigenvalue weighted by Crippen LogP contribution is 2.16. The summed E-state index contributed by atoms with van der Waals surface area (Å²) in [5.41, 5.74) is -2.16. The fraction of sp³-hybridized carbons (Fsp3) is 0.286. The van der Waals surface area contributed by atoms with E-state index in [1.54, 1.807) is 6.92 Å². The van der Waals surface area contributed by atoms with Crippen LogP contribution in [0.1, 0.15) is 52.5 Å². The first kappa shape index (κ1) is 27.1. The molecule has 0 saturated carbocycles. The maximum absolute atomic E-state index is 14.3. The number of halogens is 2. The molecule has 0 aliphatic rings. The molecular formula is C21H23B2F2NO8. The predicted octanol–water partition coefficient (Wildman–Crippen LogP) is -0.824. The first-order chi connectivity index (χ1) is 15.9. The van der Waals surface area contributed by atoms with Gasteiger partial charge in [0.1, 0.15) is 11.6 Å². The number of rotatable bonds is 11. The van der Waals surface area contributed by atoms with Gasteiger partial charge in [0.2, 0.25) is 0 Å². The molecule has 6 N–H and O–H groups in total. The average Bonchev–Trinajstić information content (AvgIpc) is 2.77. The fourth-order valence-corrected chi connectivity index (χ4v) is 3.16. The molecule has 13 heteroatoms. The maximum atomic E-state index is 14.3. The second-order valence-corrected chi connectivity index (χ2v) is 7.76. The minimum absolute atomic E-state index is 0.141. The van der Waals surface area contributed by atoms with E-state index in [1.165, 1.54) is 0 Å². The minimum Gasteiger partial charge on any atom is -0.481 e. The van der Waals surface area contributed by atoms with Gasteiger partial charge in [-0.05, 0) is 36.5 Å². The molecule has 1 amide bonds. The zero-order valence-electron chi connectivity index (χ0n) is 18.2. The molecule has 0 heterocycles. The number of carbonyl (C=O) groups excluding carboxylic acids is 2. The van der Waals surface area contributed by atoms with Crippen LogP contribution in [0, 0.1) is 17.6 Å². The number of hydrogen-bond acceptors (Lipinski definition) is 7. The third-order valence-corrected chi connectivity index (χ3v) is 5.16. The van der Waals surface area contributed by atoms with Crippen LogP contribution in [0.3, 0.4) is 0 Å². The molecule has 0 saturated heterocycles. The Morgan fingerprint density at radius 3 is 2.15 bits per heavy atom. The van der Waals surface area contributed by atoms with Crippen molar-refractivity contribution in [1.29, 1.82) is 0 Å². The standard InChI is InChI=1S/C21H23B2F2NO8/c1-11(21(29)30)4-2-3-5-26-20(28)13-6-12(7-14(8-13)22(31)32)19(27)15-9-16(23(33)34)18(25)10-17(15)24/h6-11,31-34H,2-5H2,1H3,(H,26,28)(H,29,30)/t11-/m0/s1. The Morgan fingerprint density at radius 2 is 1.56 bits per heavy atom. The van der Waals surface area contributed by atoms with Gasteiger partial charge >= 0.3 is 20.2 Å². The first-order valence-electron chi connectivity index (χ1n) is 10.3. The minimum atomic E-state index is -2.31. The summed E-state index contributed by atoms with van der Waals surface area (Å²) in [5.74, 6) is -5.73. The molecule has 2 aromatic carbocycles. The van der Waals surface area contributed by atoms with Crippen LogP contribution >= 0.6 is 0 Å². The zero-order valence-corrected chi connectivity index (χ0v) is 18.2. The molecule has 180 valence electrons. The Labute approximate surface area is 194 Å². The molecule has 2 rings (SSSR count). The summed E-state index contributed by atoms with van der Waals surface area (Å²) in [6.45, 7) is 1.75. The molecule has 0 bridgehead atoms. The summed E-state index contributed by atoms with van der Waals surface area (Å²) in [7, 11) is -4.37. The van der Waals surface area contributed by atoms with Crippen molar-refractivity contribution < 1.29 is 48.4 Å². The molecular weight excluding hydrogens is 454 g/mol. The zero-order chi connectivity index (χ0) is 25.6. The Hall–Kier alpha value is -3.12. The van der Waals surface area contributed by atoms with E-state index in [1.807, 2.05) is 0 Å². The van der Waals surface area contributed by atoms with E-state index in [0.29, 0.717) is 31.4 Å². The number of ketones is 1. The molecule has 0 aliphatic carbocycles. The van der Waals surface area contributed by atoms with Crippen molar-refractivity contribution in [3.8, 4) is 0 Å². The van der Waals surface area contributed by atoms with Gasteiger partial charge in [-0.15, -0.1) is 0 Å². The van der Waals surface area contributed by atoms with Crippen molar-refractivity contribution in [1.82, 2.24) is 5.32 Å². The lowest BCUT2D eigenvalue weighted by Gasteiger charge is -2.12. The van der Waals surface area contributed by atoms with E-state index >= 15 is 0 Å². The number of carbonyl (C=O) groups is 3. The van der Waals surface area contributed by atoms with Crippen LogP contribution in [0.5, 0.6) is 0 Å². The van der Waals surface area contributed by atoms with Crippen LogP contribution in [0.2, 0.25) is 0 Å². The predicted molar refractivity (Wildman–Crippen MR) is 119 cm³/mol. The van der Waals surface area contributed by atoms with Gasteiger partial charge in [0.25, 0.3) is 5.91 Å². The van der Waals surface area contributed by atoms with Crippen molar-refractivity contribution in [2.75, 3.05) is 6.54 Å². The lowest BCUT2D eigenvalue weighted by atomic mass is 9.76. The third kappa shape index (κ3) is 6.94. The lowest BCUT2D eigenvalue weighted by Crippen LogP contribution is -2.34. The van der Waals surface area contributed by atoms with Crippen molar-refractivity contribution in [3.05, 3.63) is 58.7 Å². The van der Waals surface area contributed by atoms with E-state index < -0.39 is 60.5 Å². The van der Waals surface area contributed by atoms with Crippen LogP contribution in [0.25, 0.3) is 0 Å². The van der Waals surface area contributed by atoms with Crippen molar-refractivity contribution in [2.24, 2.45) is 5.92 Å². The van der Waals surface area contributed by atoms with Crippen molar-refractivity contribution in [2.45, 2.75) is 26.2 Å². The smallest absolute Gasteiger partial charge is 0.481 e. The van der Waals surface area contributed by atoms with E-state index in [2.05, 4.69) is 5.32 Å². The third-order valence-electron chi connectivity index (χ3n) is 5.16. The van der Waals surface area contributed by atoms with Crippen molar-refractivity contribution in [3.63, 3.8) is 0 Å². The van der Waals surface area contributed by atoms with E-state index in [9.17, 15) is 43.3 Å². The Morgan fingerprint density at radius 1 is 0.912 bits per heavy atom. The van der Waals surface area contributed by atoms with Gasteiger partial charge in [-0.3, -0.25) is 14.4 Å². The second kappa shape index (κ2) is 11.8. The first-order valence-corrected chi connectivity index (χ1v) is 10.3. The number of unbranched alkanes of at least 4 members (excludes halogenated alkanes) is 1. The highest BCUT2D eigenvalue weighted by Gasteiger charge is 2.25. The summed E-state index contributed by atoms with van der Waals surface area (Å²) >= 11 is 0. The van der Waals surface area contributed by atoms with Gasteiger partial charge in [0, 0.05) is 29.2 Å². The summed E-state index contributed by atoms with van der Waals surface area (Å²) in [6.07, 6.45) is 1.43. The number of aliphatic carboxylic acids is 1.